The van der Waals surface area contributed by atoms with E-state index in [2.05, 4.69) is 22.5 Å². The summed E-state index contributed by atoms with van der Waals surface area (Å²) in [6.45, 7) is 7.00. The Bertz CT molecular complexity index is 301. The Balaban J connectivity index is 1.54. The molecule has 0 bridgehead atoms. The lowest BCUT2D eigenvalue weighted by Gasteiger charge is -2.43. The fraction of sp³-hybridized carbons (Fsp3) is 0.857. The second kappa shape index (κ2) is 5.70. The first-order chi connectivity index (χ1) is 8.83. The molecular weight excluding hydrogens is 226 g/mol. The topological polar surface area (TPSA) is 45.3 Å². The van der Waals surface area contributed by atoms with Crippen molar-refractivity contribution in [1.82, 2.24) is 16.0 Å². The first-order valence-electron chi connectivity index (χ1n) is 7.31. The van der Waals surface area contributed by atoms with Gasteiger partial charge in [0.2, 0.25) is 0 Å². The highest BCUT2D eigenvalue weighted by molar-refractivity contribution is 5.07. The van der Waals surface area contributed by atoms with Crippen LogP contribution in [0.4, 0.5) is 0 Å². The summed E-state index contributed by atoms with van der Waals surface area (Å²) in [7, 11) is 0. The summed E-state index contributed by atoms with van der Waals surface area (Å²) in [6, 6.07) is 0.652. The quantitative estimate of drug-likeness (QED) is 0.654. The highest BCUT2D eigenvalue weighted by atomic mass is 16.5. The van der Waals surface area contributed by atoms with Crippen molar-refractivity contribution in [1.29, 1.82) is 0 Å². The molecule has 0 radical (unpaired) electrons. The van der Waals surface area contributed by atoms with E-state index in [0.29, 0.717) is 24.2 Å². The molecule has 1 aliphatic carbocycles. The zero-order chi connectivity index (χ0) is 12.4. The summed E-state index contributed by atoms with van der Waals surface area (Å²) >= 11 is 0. The SMILES string of the molecule is C=C1CCC2NCNC(NCC3CCCO3)C2C1. The predicted molar refractivity (Wildman–Crippen MR) is 72.2 cm³/mol. The van der Waals surface area contributed by atoms with Crippen LogP contribution in [0, 0.1) is 5.92 Å². The van der Waals surface area contributed by atoms with Crippen molar-refractivity contribution in [2.45, 2.75) is 50.4 Å². The summed E-state index contributed by atoms with van der Waals surface area (Å²) < 4.78 is 5.68. The standard InChI is InChI=1S/C14H25N3O/c1-10-4-5-13-12(7-10)14(17-9-16-13)15-8-11-3-2-6-18-11/h11-17H,1-9H2. The number of allylic oxidation sites excluding steroid dienone is 1. The third-order valence-electron chi connectivity index (χ3n) is 4.55. The van der Waals surface area contributed by atoms with Crippen molar-refractivity contribution in [3.8, 4) is 0 Å². The molecule has 2 saturated heterocycles. The van der Waals surface area contributed by atoms with E-state index in [-0.39, 0.29) is 0 Å². The summed E-state index contributed by atoms with van der Waals surface area (Å²) in [5.41, 5.74) is 1.41. The van der Waals surface area contributed by atoms with E-state index in [4.69, 9.17) is 4.74 Å². The second-order valence-corrected chi connectivity index (χ2v) is 5.87. The molecule has 102 valence electrons. The Morgan fingerprint density at radius 2 is 2.28 bits per heavy atom. The Hall–Kier alpha value is -0.420. The molecule has 3 rings (SSSR count). The minimum atomic E-state index is 0.414. The number of ether oxygens (including phenoxy) is 1. The van der Waals surface area contributed by atoms with Gasteiger partial charge in [0.05, 0.1) is 12.3 Å². The Morgan fingerprint density at radius 1 is 1.33 bits per heavy atom. The van der Waals surface area contributed by atoms with Crippen molar-refractivity contribution < 1.29 is 4.74 Å². The van der Waals surface area contributed by atoms with Gasteiger partial charge in [0.1, 0.15) is 0 Å². The first-order valence-corrected chi connectivity index (χ1v) is 7.31. The fourth-order valence-electron chi connectivity index (χ4n) is 3.49. The van der Waals surface area contributed by atoms with E-state index in [9.17, 15) is 0 Å². The van der Waals surface area contributed by atoms with Gasteiger partial charge < -0.3 is 10.1 Å². The van der Waals surface area contributed by atoms with Crippen LogP contribution in [-0.2, 0) is 4.74 Å². The highest BCUT2D eigenvalue weighted by Crippen LogP contribution is 2.31. The number of hydrogen-bond acceptors (Lipinski definition) is 4. The van der Waals surface area contributed by atoms with Gasteiger partial charge in [-0.1, -0.05) is 12.2 Å². The first kappa shape index (κ1) is 12.6. The van der Waals surface area contributed by atoms with Crippen LogP contribution >= 0.6 is 0 Å². The van der Waals surface area contributed by atoms with Crippen LogP contribution in [0.2, 0.25) is 0 Å². The molecule has 0 aromatic carbocycles. The number of nitrogens with one attached hydrogen (secondary N) is 3. The third-order valence-corrected chi connectivity index (χ3v) is 4.55. The van der Waals surface area contributed by atoms with Gasteiger partial charge in [-0.05, 0) is 32.1 Å². The number of hydrogen-bond donors (Lipinski definition) is 3. The lowest BCUT2D eigenvalue weighted by Crippen LogP contribution is -2.63. The van der Waals surface area contributed by atoms with Crippen LogP contribution in [-0.4, -0.2) is 38.1 Å². The molecule has 4 nitrogen and oxygen atoms in total. The maximum Gasteiger partial charge on any atom is 0.0700 e. The zero-order valence-electron chi connectivity index (χ0n) is 11.1. The van der Waals surface area contributed by atoms with E-state index in [1.807, 2.05) is 0 Å². The minimum absolute atomic E-state index is 0.414. The Morgan fingerprint density at radius 3 is 3.11 bits per heavy atom. The molecule has 4 unspecified atom stereocenters. The van der Waals surface area contributed by atoms with E-state index < -0.39 is 0 Å². The van der Waals surface area contributed by atoms with Gasteiger partial charge in [0, 0.05) is 31.8 Å². The van der Waals surface area contributed by atoms with Crippen LogP contribution in [0.1, 0.15) is 32.1 Å². The molecule has 3 aliphatic rings. The normalized spacial score (nSPS) is 40.8. The predicted octanol–water partition coefficient (Wildman–Crippen LogP) is 0.956. The Labute approximate surface area is 110 Å². The van der Waals surface area contributed by atoms with Crippen LogP contribution in [0.15, 0.2) is 12.2 Å². The van der Waals surface area contributed by atoms with Gasteiger partial charge in [-0.2, -0.15) is 0 Å². The molecule has 0 aromatic heterocycles. The maximum absolute atomic E-state index is 5.68. The lowest BCUT2D eigenvalue weighted by molar-refractivity contribution is 0.0911. The smallest absolute Gasteiger partial charge is 0.0700 e. The average Bonchev–Trinajstić information content (AvgIpc) is 2.89. The molecule has 4 atom stereocenters. The summed E-state index contributed by atoms with van der Waals surface area (Å²) in [5.74, 6) is 0.640. The largest absolute Gasteiger partial charge is 0.377 e. The van der Waals surface area contributed by atoms with Gasteiger partial charge in [-0.25, -0.2) is 0 Å². The molecule has 4 heteroatoms. The van der Waals surface area contributed by atoms with Crippen LogP contribution in [0.3, 0.4) is 0 Å². The van der Waals surface area contributed by atoms with Crippen molar-refractivity contribution in [2.75, 3.05) is 19.8 Å². The molecule has 2 aliphatic heterocycles. The molecule has 2 heterocycles. The number of fused-ring (bicyclic) bond motifs is 1. The van der Waals surface area contributed by atoms with E-state index in [0.717, 1.165) is 26.2 Å². The Kier molecular flexibility index (Phi) is 3.99. The lowest BCUT2D eigenvalue weighted by atomic mass is 9.79. The van der Waals surface area contributed by atoms with Crippen molar-refractivity contribution in [2.24, 2.45) is 5.92 Å². The van der Waals surface area contributed by atoms with Crippen molar-refractivity contribution in [3.63, 3.8) is 0 Å². The van der Waals surface area contributed by atoms with Gasteiger partial charge in [-0.15, -0.1) is 0 Å². The van der Waals surface area contributed by atoms with Crippen molar-refractivity contribution in [3.05, 3.63) is 12.2 Å². The fourth-order valence-corrected chi connectivity index (χ4v) is 3.49. The molecule has 18 heavy (non-hydrogen) atoms. The number of rotatable bonds is 3. The van der Waals surface area contributed by atoms with Gasteiger partial charge in [0.15, 0.2) is 0 Å². The van der Waals surface area contributed by atoms with Gasteiger partial charge in [0.25, 0.3) is 0 Å². The molecule has 0 amide bonds. The zero-order valence-corrected chi connectivity index (χ0v) is 11.1. The van der Waals surface area contributed by atoms with Gasteiger partial charge >= 0.3 is 0 Å². The highest BCUT2D eigenvalue weighted by Gasteiger charge is 2.35. The summed E-state index contributed by atoms with van der Waals surface area (Å²) in [4.78, 5) is 0. The monoisotopic (exact) mass is 251 g/mol. The minimum Gasteiger partial charge on any atom is -0.377 e. The van der Waals surface area contributed by atoms with Crippen LogP contribution in [0.25, 0.3) is 0 Å². The second-order valence-electron chi connectivity index (χ2n) is 5.87. The molecule has 3 N–H and O–H groups in total. The summed E-state index contributed by atoms with van der Waals surface area (Å²) in [6.07, 6.45) is 6.83. The van der Waals surface area contributed by atoms with Crippen LogP contribution < -0.4 is 16.0 Å². The van der Waals surface area contributed by atoms with Crippen LogP contribution in [0.5, 0.6) is 0 Å². The summed E-state index contributed by atoms with van der Waals surface area (Å²) in [5, 5.41) is 10.8. The third kappa shape index (κ3) is 2.77. The molecule has 1 saturated carbocycles. The van der Waals surface area contributed by atoms with Gasteiger partial charge in [-0.3, -0.25) is 10.6 Å². The molecular formula is C14H25N3O. The van der Waals surface area contributed by atoms with Crippen molar-refractivity contribution >= 4 is 0 Å². The molecule has 3 fully saturated rings. The van der Waals surface area contributed by atoms with E-state index >= 15 is 0 Å². The van der Waals surface area contributed by atoms with E-state index in [1.165, 1.54) is 31.3 Å². The van der Waals surface area contributed by atoms with E-state index in [1.54, 1.807) is 0 Å². The molecule has 0 aromatic rings. The average molecular weight is 251 g/mol. The maximum atomic E-state index is 5.68. The molecule has 0 spiro atoms.